The molecule has 0 aromatic rings. The average molecular weight is 103 g/mol. The first kappa shape index (κ1) is 9.03. The molecule has 0 aliphatic heterocycles. The molecule has 0 aromatic heterocycles. The van der Waals surface area contributed by atoms with E-state index in [4.69, 9.17) is 4.79 Å². The summed E-state index contributed by atoms with van der Waals surface area (Å²) < 4.78 is 0. The van der Waals surface area contributed by atoms with Gasteiger partial charge in [0.25, 0.3) is 0 Å². The van der Waals surface area contributed by atoms with Gasteiger partial charge in [0.05, 0.1) is 0 Å². The third-order valence-corrected chi connectivity index (χ3v) is 0. The van der Waals surface area contributed by atoms with Gasteiger partial charge in [0, 0.05) is 16.5 Å². The van der Waals surface area contributed by atoms with Crippen LogP contribution >= 0.6 is 0 Å². The Hall–Kier alpha value is -0.0365. The minimum absolute atomic E-state index is 0. The molecule has 1 amide bonds. The number of hydrogen-bond donors (Lipinski definition) is 1. The topological polar surface area (TPSA) is 43.1 Å². The van der Waals surface area contributed by atoms with Crippen LogP contribution in [0, 0.1) is 0 Å². The predicted molar refractivity (Wildman–Crippen MR) is 9.88 cm³/mol. The van der Waals surface area contributed by atoms with Crippen molar-refractivity contribution in [3.8, 4) is 0 Å². The molecule has 0 aromatic carbocycles. The fraction of sp³-hybridized carbons (Fsp3) is 0. The Morgan fingerprint density at radius 2 is 1.75 bits per heavy atom. The van der Waals surface area contributed by atoms with Crippen LogP contribution in [0.5, 0.6) is 0 Å². The van der Waals surface area contributed by atoms with Crippen LogP contribution in [0.1, 0.15) is 0 Å². The Balaban J connectivity index is 0. The minimum Gasteiger partial charge on any atom is -0.543 e. The molecule has 0 radical (unpaired) electrons. The summed E-state index contributed by atoms with van der Waals surface area (Å²) in [4.78, 5) is 8.46. The van der Waals surface area contributed by atoms with E-state index in [0.29, 0.717) is 0 Å². The van der Waals surface area contributed by atoms with Crippen LogP contribution in [-0.2, 0) is 21.3 Å². The summed E-state index contributed by atoms with van der Waals surface area (Å²) in [6, 6.07) is 0. The molecular weight excluding hydrogens is 101 g/mol. The average Bonchev–Trinajstić information content (AvgIpc) is 0.918. The maximum Gasteiger partial charge on any atom is 0 e. The summed E-state index contributed by atoms with van der Waals surface area (Å²) in [5.41, 5.74) is 4.04. The first-order chi connectivity index (χ1) is 1.41. The number of carbonyl (C=O) groups excluding carboxylic acids is 1. The molecule has 0 saturated heterocycles. The van der Waals surface area contributed by atoms with Crippen LogP contribution in [-0.4, -0.2) is 6.41 Å². The standard InChI is InChI=1S/CH2NO.Ni/c2-1-3;/h(H2,2,3);/q-1;. The van der Waals surface area contributed by atoms with E-state index >= 15 is 0 Å². The van der Waals surface area contributed by atoms with Crippen molar-refractivity contribution in [2.24, 2.45) is 5.73 Å². The van der Waals surface area contributed by atoms with Gasteiger partial charge in [-0.3, -0.25) is 0 Å². The summed E-state index contributed by atoms with van der Waals surface area (Å²) in [6.07, 6.45) is 1.00. The SMILES string of the molecule is N[C-]=O.[Ni]. The van der Waals surface area contributed by atoms with Gasteiger partial charge in [0.15, 0.2) is 0 Å². The molecule has 0 atom stereocenters. The van der Waals surface area contributed by atoms with E-state index in [1.165, 1.54) is 0 Å². The second-order valence-electron chi connectivity index (χ2n) is 0.118. The molecule has 0 aliphatic carbocycles. The van der Waals surface area contributed by atoms with Crippen molar-refractivity contribution in [3.05, 3.63) is 0 Å². The zero-order chi connectivity index (χ0) is 2.71. The number of primary amides is 1. The molecule has 4 heavy (non-hydrogen) atoms. The van der Waals surface area contributed by atoms with Crippen LogP contribution in [0.3, 0.4) is 0 Å². The van der Waals surface area contributed by atoms with Gasteiger partial charge in [-0.25, -0.2) is 0 Å². The summed E-state index contributed by atoms with van der Waals surface area (Å²) >= 11 is 0. The van der Waals surface area contributed by atoms with Gasteiger partial charge in [0.2, 0.25) is 0 Å². The molecule has 0 spiro atoms. The van der Waals surface area contributed by atoms with Gasteiger partial charge in [-0.2, -0.15) is 6.41 Å². The van der Waals surface area contributed by atoms with Gasteiger partial charge in [-0.15, -0.1) is 0 Å². The van der Waals surface area contributed by atoms with Crippen LogP contribution in [0.15, 0.2) is 0 Å². The van der Waals surface area contributed by atoms with Crippen LogP contribution in [0.25, 0.3) is 0 Å². The molecule has 0 bridgehead atoms. The van der Waals surface area contributed by atoms with Gasteiger partial charge in [0.1, 0.15) is 0 Å². The van der Waals surface area contributed by atoms with Crippen LogP contribution in [0.4, 0.5) is 0 Å². The van der Waals surface area contributed by atoms with Crippen molar-refractivity contribution < 1.29 is 21.3 Å². The smallest absolute Gasteiger partial charge is 0 e. The zero-order valence-corrected chi connectivity index (χ0v) is 2.79. The summed E-state index contributed by atoms with van der Waals surface area (Å²) in [7, 11) is 0. The molecule has 0 fully saturated rings. The van der Waals surface area contributed by atoms with Gasteiger partial charge < -0.3 is 10.5 Å². The number of hydrogen-bond acceptors (Lipinski definition) is 1. The molecule has 2 N–H and O–H groups in total. The first-order valence-corrected chi connectivity index (χ1v) is 0.493. The summed E-state index contributed by atoms with van der Waals surface area (Å²) in [5.74, 6) is 0. The number of rotatable bonds is 0. The van der Waals surface area contributed by atoms with E-state index in [2.05, 4.69) is 5.73 Å². The third-order valence-electron chi connectivity index (χ3n) is 0. The largest absolute Gasteiger partial charge is 0.543 e. The van der Waals surface area contributed by atoms with Gasteiger partial charge >= 0.3 is 0 Å². The van der Waals surface area contributed by atoms with Crippen molar-refractivity contribution in [2.45, 2.75) is 0 Å². The Morgan fingerprint density at radius 3 is 1.75 bits per heavy atom. The number of amides is 1. The monoisotopic (exact) mass is 102 g/mol. The van der Waals surface area contributed by atoms with Crippen LogP contribution in [0.2, 0.25) is 0 Å². The van der Waals surface area contributed by atoms with Crippen molar-refractivity contribution in [1.82, 2.24) is 0 Å². The molecule has 0 saturated carbocycles. The predicted octanol–water partition coefficient (Wildman–Crippen LogP) is -0.990. The van der Waals surface area contributed by atoms with E-state index in [1.807, 2.05) is 0 Å². The quantitative estimate of drug-likeness (QED) is 0.238. The van der Waals surface area contributed by atoms with Crippen molar-refractivity contribution in [2.75, 3.05) is 0 Å². The van der Waals surface area contributed by atoms with E-state index in [9.17, 15) is 0 Å². The zero-order valence-electron chi connectivity index (χ0n) is 1.80. The van der Waals surface area contributed by atoms with Gasteiger partial charge in [-0.05, 0) is 0 Å². The molecule has 0 unspecified atom stereocenters. The molecule has 2 nitrogen and oxygen atoms in total. The fourth-order valence-electron chi connectivity index (χ4n) is 0. The van der Waals surface area contributed by atoms with E-state index in [1.54, 1.807) is 0 Å². The Bertz CT molecular complexity index is 15.5. The minimum atomic E-state index is 0. The Morgan fingerprint density at radius 1 is 1.75 bits per heavy atom. The maximum absolute atomic E-state index is 8.46. The van der Waals surface area contributed by atoms with E-state index in [0.717, 1.165) is 6.41 Å². The van der Waals surface area contributed by atoms with Crippen LogP contribution < -0.4 is 5.73 Å². The second-order valence-corrected chi connectivity index (χ2v) is 0.118. The normalized spacial score (nSPS) is 3.00. The molecular formula is CH2NNiO-. The van der Waals surface area contributed by atoms with Crippen molar-refractivity contribution in [3.63, 3.8) is 0 Å². The Kier molecular flexibility index (Phi) is 27.8. The number of nitrogens with two attached hydrogens (primary N) is 1. The summed E-state index contributed by atoms with van der Waals surface area (Å²) in [6.45, 7) is 0. The molecule has 28 valence electrons. The molecule has 0 rings (SSSR count). The third kappa shape index (κ3) is 1370. The molecule has 0 heterocycles. The maximum atomic E-state index is 8.46. The molecule has 3 heteroatoms. The van der Waals surface area contributed by atoms with Crippen molar-refractivity contribution >= 4 is 6.41 Å². The van der Waals surface area contributed by atoms with E-state index in [-0.39, 0.29) is 16.5 Å². The van der Waals surface area contributed by atoms with Gasteiger partial charge in [-0.1, -0.05) is 0 Å². The second kappa shape index (κ2) is 12.3. The van der Waals surface area contributed by atoms with E-state index < -0.39 is 0 Å². The summed E-state index contributed by atoms with van der Waals surface area (Å²) in [5, 5.41) is 0. The Labute approximate surface area is 34.3 Å². The first-order valence-electron chi connectivity index (χ1n) is 0.493. The molecule has 0 aliphatic rings. The van der Waals surface area contributed by atoms with Crippen molar-refractivity contribution in [1.29, 1.82) is 0 Å². The fourth-order valence-corrected chi connectivity index (χ4v) is 0.